The molecule has 2 fully saturated rings. The molecule has 2 aromatic heterocycles. The molecule has 2 aromatic rings. The molecule has 0 unspecified atom stereocenters. The summed E-state index contributed by atoms with van der Waals surface area (Å²) in [7, 11) is 0. The van der Waals surface area contributed by atoms with E-state index in [1.54, 1.807) is 11.3 Å². The predicted molar refractivity (Wildman–Crippen MR) is 94.8 cm³/mol. The van der Waals surface area contributed by atoms with Crippen LogP contribution in [-0.4, -0.2) is 42.2 Å². The predicted octanol–water partition coefficient (Wildman–Crippen LogP) is 3.11. The molecule has 4 atom stereocenters. The SMILES string of the molecule is C[C@H]1CN(c2nc3sc(C(=O)N[C@H]4C[C@@H]4C)cc3s2)[C@@H](C)CO1. The van der Waals surface area contributed by atoms with Gasteiger partial charge in [0.15, 0.2) is 5.13 Å². The van der Waals surface area contributed by atoms with Gasteiger partial charge >= 0.3 is 0 Å². The van der Waals surface area contributed by atoms with Crippen molar-refractivity contribution in [3.8, 4) is 0 Å². The van der Waals surface area contributed by atoms with E-state index >= 15 is 0 Å². The zero-order valence-electron chi connectivity index (χ0n) is 13.5. The monoisotopic (exact) mass is 351 g/mol. The number of thiophene rings is 1. The lowest BCUT2D eigenvalue weighted by molar-refractivity contribution is 0.0344. The minimum atomic E-state index is 0.0458. The fourth-order valence-electron chi connectivity index (χ4n) is 2.89. The number of carbonyl (C=O) groups is 1. The van der Waals surface area contributed by atoms with E-state index in [1.807, 2.05) is 6.07 Å². The third-order valence-corrected chi connectivity index (χ3v) is 6.78. The molecular formula is C16H21N3O2S2. The van der Waals surface area contributed by atoms with E-state index in [9.17, 15) is 4.79 Å². The van der Waals surface area contributed by atoms with E-state index in [0.717, 1.165) is 39.1 Å². The first-order valence-electron chi connectivity index (χ1n) is 8.10. The molecule has 0 radical (unpaired) electrons. The average molecular weight is 351 g/mol. The molecule has 23 heavy (non-hydrogen) atoms. The summed E-state index contributed by atoms with van der Waals surface area (Å²) in [5.74, 6) is 0.666. The second-order valence-electron chi connectivity index (χ2n) is 6.71. The Balaban J connectivity index is 1.53. The van der Waals surface area contributed by atoms with Crippen LogP contribution in [0, 0.1) is 5.92 Å². The van der Waals surface area contributed by atoms with E-state index in [-0.39, 0.29) is 12.0 Å². The molecule has 7 heteroatoms. The van der Waals surface area contributed by atoms with Gasteiger partial charge in [0.05, 0.1) is 28.3 Å². The van der Waals surface area contributed by atoms with Gasteiger partial charge in [0.25, 0.3) is 5.91 Å². The highest BCUT2D eigenvalue weighted by Gasteiger charge is 2.34. The lowest BCUT2D eigenvalue weighted by Gasteiger charge is -2.36. The Hall–Kier alpha value is -1.18. The molecule has 1 aliphatic heterocycles. The lowest BCUT2D eigenvalue weighted by Crippen LogP contribution is -2.47. The van der Waals surface area contributed by atoms with E-state index in [0.29, 0.717) is 18.0 Å². The molecule has 1 N–H and O–H groups in total. The van der Waals surface area contributed by atoms with Gasteiger partial charge in [-0.3, -0.25) is 4.79 Å². The number of rotatable bonds is 3. The van der Waals surface area contributed by atoms with Crippen molar-refractivity contribution in [2.24, 2.45) is 5.92 Å². The maximum absolute atomic E-state index is 12.2. The van der Waals surface area contributed by atoms with Gasteiger partial charge < -0.3 is 15.0 Å². The topological polar surface area (TPSA) is 54.5 Å². The van der Waals surface area contributed by atoms with E-state index in [4.69, 9.17) is 9.72 Å². The number of hydrogen-bond acceptors (Lipinski definition) is 6. The Morgan fingerprint density at radius 1 is 1.39 bits per heavy atom. The lowest BCUT2D eigenvalue weighted by atomic mass is 10.2. The number of nitrogens with zero attached hydrogens (tertiary/aromatic N) is 2. The van der Waals surface area contributed by atoms with Gasteiger partial charge in [0, 0.05) is 12.6 Å². The van der Waals surface area contributed by atoms with E-state index in [1.165, 1.54) is 11.3 Å². The van der Waals surface area contributed by atoms with Crippen molar-refractivity contribution in [2.45, 2.75) is 45.4 Å². The van der Waals surface area contributed by atoms with Crippen LogP contribution in [0.5, 0.6) is 0 Å². The normalized spacial score (nSPS) is 30.7. The highest BCUT2D eigenvalue weighted by atomic mass is 32.1. The highest BCUT2D eigenvalue weighted by molar-refractivity contribution is 7.29. The van der Waals surface area contributed by atoms with Crippen LogP contribution in [0.2, 0.25) is 0 Å². The Morgan fingerprint density at radius 3 is 2.87 bits per heavy atom. The smallest absolute Gasteiger partial charge is 0.261 e. The van der Waals surface area contributed by atoms with Crippen LogP contribution in [0.25, 0.3) is 9.53 Å². The number of aromatic nitrogens is 1. The fourth-order valence-corrected chi connectivity index (χ4v) is 5.12. The van der Waals surface area contributed by atoms with Gasteiger partial charge in [-0.25, -0.2) is 4.98 Å². The molecule has 4 rings (SSSR count). The van der Waals surface area contributed by atoms with Crippen LogP contribution >= 0.6 is 22.7 Å². The van der Waals surface area contributed by atoms with Crippen LogP contribution in [-0.2, 0) is 4.74 Å². The number of ether oxygens (including phenoxy) is 1. The van der Waals surface area contributed by atoms with Gasteiger partial charge in [0.1, 0.15) is 4.83 Å². The van der Waals surface area contributed by atoms with Crippen molar-refractivity contribution in [3.05, 3.63) is 10.9 Å². The van der Waals surface area contributed by atoms with Crippen molar-refractivity contribution >= 4 is 43.2 Å². The van der Waals surface area contributed by atoms with Crippen molar-refractivity contribution in [2.75, 3.05) is 18.1 Å². The van der Waals surface area contributed by atoms with E-state index < -0.39 is 0 Å². The van der Waals surface area contributed by atoms with Crippen molar-refractivity contribution in [1.82, 2.24) is 10.3 Å². The Bertz CT molecular complexity index is 709. The first kappa shape index (κ1) is 15.4. The van der Waals surface area contributed by atoms with Crippen LogP contribution in [0.3, 0.4) is 0 Å². The summed E-state index contributed by atoms with van der Waals surface area (Å²) in [5.41, 5.74) is 0. The van der Waals surface area contributed by atoms with Crippen molar-refractivity contribution < 1.29 is 9.53 Å². The number of thiazole rings is 1. The maximum Gasteiger partial charge on any atom is 0.261 e. The summed E-state index contributed by atoms with van der Waals surface area (Å²) in [6.07, 6.45) is 1.33. The number of anilines is 1. The van der Waals surface area contributed by atoms with Gasteiger partial charge in [-0.1, -0.05) is 18.3 Å². The minimum absolute atomic E-state index is 0.0458. The maximum atomic E-state index is 12.2. The molecule has 3 heterocycles. The molecule has 1 saturated carbocycles. The molecule has 0 bridgehead atoms. The van der Waals surface area contributed by atoms with Crippen LogP contribution < -0.4 is 10.2 Å². The second-order valence-corrected chi connectivity index (χ2v) is 8.75. The molecule has 1 amide bonds. The number of amides is 1. The summed E-state index contributed by atoms with van der Waals surface area (Å²) in [4.78, 5) is 21.1. The Kier molecular flexibility index (Phi) is 3.82. The molecule has 124 valence electrons. The van der Waals surface area contributed by atoms with Gasteiger partial charge in [-0.2, -0.15) is 0 Å². The number of carbonyl (C=O) groups excluding carboxylic acids is 1. The summed E-state index contributed by atoms with van der Waals surface area (Å²) < 4.78 is 6.79. The minimum Gasteiger partial charge on any atom is -0.375 e. The second kappa shape index (κ2) is 5.72. The third-order valence-electron chi connectivity index (χ3n) is 4.58. The fraction of sp³-hybridized carbons (Fsp3) is 0.625. The van der Waals surface area contributed by atoms with Gasteiger partial charge in [-0.15, -0.1) is 11.3 Å². The van der Waals surface area contributed by atoms with E-state index in [2.05, 4.69) is 31.0 Å². The number of fused-ring (bicyclic) bond motifs is 1. The summed E-state index contributed by atoms with van der Waals surface area (Å²) >= 11 is 3.17. The quantitative estimate of drug-likeness (QED) is 0.923. The van der Waals surface area contributed by atoms with Crippen LogP contribution in [0.15, 0.2) is 6.07 Å². The van der Waals surface area contributed by atoms with Crippen LogP contribution in [0.1, 0.15) is 36.9 Å². The van der Waals surface area contributed by atoms with Gasteiger partial charge in [0.2, 0.25) is 0 Å². The number of hydrogen-bond donors (Lipinski definition) is 1. The zero-order valence-corrected chi connectivity index (χ0v) is 15.2. The third kappa shape index (κ3) is 2.97. The first-order chi connectivity index (χ1) is 11.0. The molecule has 0 aromatic carbocycles. The largest absolute Gasteiger partial charge is 0.375 e. The Labute approximate surface area is 143 Å². The standard InChI is InChI=1S/C16H21N3O2S2/c1-8-4-11(8)17-14(20)12-5-13-15(22-12)18-16(23-13)19-6-10(3)21-7-9(19)2/h5,8-11H,4,6-7H2,1-3H3,(H,17,20)/t8-,9-,10-,11-/m0/s1. The zero-order chi connectivity index (χ0) is 16.1. The first-order valence-corrected chi connectivity index (χ1v) is 9.74. The molecule has 0 spiro atoms. The molecule has 5 nitrogen and oxygen atoms in total. The molecule has 1 saturated heterocycles. The number of morpholine rings is 1. The van der Waals surface area contributed by atoms with Crippen LogP contribution in [0.4, 0.5) is 5.13 Å². The van der Waals surface area contributed by atoms with Crippen molar-refractivity contribution in [3.63, 3.8) is 0 Å². The summed E-state index contributed by atoms with van der Waals surface area (Å²) in [5, 5.41) is 4.12. The molecule has 1 aliphatic carbocycles. The Morgan fingerprint density at radius 2 is 2.17 bits per heavy atom. The van der Waals surface area contributed by atoms with Crippen molar-refractivity contribution in [1.29, 1.82) is 0 Å². The summed E-state index contributed by atoms with van der Waals surface area (Å²) in [6, 6.07) is 2.69. The molecule has 2 aliphatic rings. The summed E-state index contributed by atoms with van der Waals surface area (Å²) in [6.45, 7) is 8.03. The number of nitrogens with one attached hydrogen (secondary N) is 1. The van der Waals surface area contributed by atoms with Gasteiger partial charge in [-0.05, 0) is 32.3 Å². The molecular weight excluding hydrogens is 330 g/mol. The average Bonchev–Trinajstić information content (AvgIpc) is 2.91. The highest BCUT2D eigenvalue weighted by Crippen LogP contribution is 2.37.